The number of carbonyl (C=O) groups is 1. The van der Waals surface area contributed by atoms with E-state index in [0.717, 1.165) is 18.4 Å². The summed E-state index contributed by atoms with van der Waals surface area (Å²) in [5.74, 6) is 0.585. The van der Waals surface area contributed by atoms with Gasteiger partial charge in [0.25, 0.3) is 0 Å². The van der Waals surface area contributed by atoms with Gasteiger partial charge in [0, 0.05) is 18.3 Å². The molecule has 1 fully saturated rings. The van der Waals surface area contributed by atoms with Gasteiger partial charge in [0.2, 0.25) is 5.90 Å². The van der Waals surface area contributed by atoms with E-state index in [-0.39, 0.29) is 5.97 Å². The minimum atomic E-state index is -0.347. The predicted octanol–water partition coefficient (Wildman–Crippen LogP) is 2.57. The Bertz CT molecular complexity index is 514. The van der Waals surface area contributed by atoms with Crippen molar-refractivity contribution in [1.29, 1.82) is 0 Å². The molecule has 0 bridgehead atoms. The predicted molar refractivity (Wildman–Crippen MR) is 67.7 cm³/mol. The smallest absolute Gasteiger partial charge is 0.363 e. The van der Waals surface area contributed by atoms with Gasteiger partial charge in [0.1, 0.15) is 0 Å². The molecule has 0 aromatic carbocycles. The largest absolute Gasteiger partial charge is 0.406 e. The Morgan fingerprint density at radius 1 is 1.33 bits per heavy atom. The number of cyclic esters (lactones) is 1. The summed E-state index contributed by atoms with van der Waals surface area (Å²) in [6.45, 7) is 0. The van der Waals surface area contributed by atoms with Gasteiger partial charge >= 0.3 is 5.97 Å². The summed E-state index contributed by atoms with van der Waals surface area (Å²) in [6.07, 6.45) is 9.66. The van der Waals surface area contributed by atoms with Gasteiger partial charge in [0.15, 0.2) is 5.70 Å². The standard InChI is InChI=1S/C14H14N2O2/c17-14-12(8-10-4-3-7-15-9-10)16-13(18-14)11-5-1-2-6-11/h3-4,7-9,11H,1-2,5-6H2/b12-8+. The van der Waals surface area contributed by atoms with Crippen molar-refractivity contribution >= 4 is 17.9 Å². The highest BCUT2D eigenvalue weighted by atomic mass is 16.6. The number of nitrogens with zero attached hydrogens (tertiary/aromatic N) is 2. The van der Waals surface area contributed by atoms with Gasteiger partial charge in [-0.05, 0) is 30.5 Å². The zero-order valence-corrected chi connectivity index (χ0v) is 10.0. The maximum absolute atomic E-state index is 11.7. The first-order valence-corrected chi connectivity index (χ1v) is 6.25. The average molecular weight is 242 g/mol. The van der Waals surface area contributed by atoms with E-state index in [2.05, 4.69) is 9.98 Å². The van der Waals surface area contributed by atoms with Crippen molar-refractivity contribution < 1.29 is 9.53 Å². The van der Waals surface area contributed by atoms with Crippen molar-refractivity contribution in [3.8, 4) is 0 Å². The van der Waals surface area contributed by atoms with Crippen LogP contribution in [0.2, 0.25) is 0 Å². The molecule has 0 spiro atoms. The van der Waals surface area contributed by atoms with E-state index in [0.29, 0.717) is 17.5 Å². The van der Waals surface area contributed by atoms with Crippen molar-refractivity contribution in [2.24, 2.45) is 10.9 Å². The number of aliphatic imine (C=N–C) groups is 1. The van der Waals surface area contributed by atoms with Crippen LogP contribution >= 0.6 is 0 Å². The first-order valence-electron chi connectivity index (χ1n) is 6.25. The number of hydrogen-bond acceptors (Lipinski definition) is 4. The molecule has 2 aliphatic rings. The first-order chi connectivity index (χ1) is 8.83. The summed E-state index contributed by atoms with van der Waals surface area (Å²) in [7, 11) is 0. The topological polar surface area (TPSA) is 51.5 Å². The van der Waals surface area contributed by atoms with Crippen LogP contribution in [0.4, 0.5) is 0 Å². The zero-order valence-electron chi connectivity index (χ0n) is 10.0. The Hall–Kier alpha value is -1.97. The molecule has 1 aromatic heterocycles. The number of esters is 1. The molecule has 0 unspecified atom stereocenters. The minimum Gasteiger partial charge on any atom is -0.406 e. The van der Waals surface area contributed by atoms with Crippen LogP contribution in [0.1, 0.15) is 31.2 Å². The molecular formula is C14H14N2O2. The third-order valence-electron chi connectivity index (χ3n) is 3.33. The van der Waals surface area contributed by atoms with Crippen LogP contribution in [-0.2, 0) is 9.53 Å². The fraction of sp³-hybridized carbons (Fsp3) is 0.357. The fourth-order valence-corrected chi connectivity index (χ4v) is 2.39. The number of carbonyl (C=O) groups excluding carboxylic acids is 1. The molecule has 0 radical (unpaired) electrons. The van der Waals surface area contributed by atoms with Crippen molar-refractivity contribution in [3.05, 3.63) is 35.8 Å². The van der Waals surface area contributed by atoms with Gasteiger partial charge in [-0.2, -0.15) is 0 Å². The normalized spacial score (nSPS) is 22.3. The fourth-order valence-electron chi connectivity index (χ4n) is 2.39. The molecule has 0 atom stereocenters. The van der Waals surface area contributed by atoms with Crippen LogP contribution in [0.25, 0.3) is 6.08 Å². The third-order valence-corrected chi connectivity index (χ3v) is 3.33. The SMILES string of the molecule is O=C1OC(C2CCCC2)=N/C1=C/c1cccnc1. The van der Waals surface area contributed by atoms with E-state index in [1.54, 1.807) is 18.5 Å². The molecule has 0 N–H and O–H groups in total. The van der Waals surface area contributed by atoms with E-state index in [1.165, 1.54) is 12.8 Å². The van der Waals surface area contributed by atoms with Gasteiger partial charge < -0.3 is 4.74 Å². The summed E-state index contributed by atoms with van der Waals surface area (Å²) in [6, 6.07) is 3.71. The molecule has 1 saturated carbocycles. The van der Waals surface area contributed by atoms with E-state index in [1.807, 2.05) is 12.1 Å². The Morgan fingerprint density at radius 2 is 2.17 bits per heavy atom. The Labute approximate surface area is 105 Å². The highest BCUT2D eigenvalue weighted by molar-refractivity contribution is 6.07. The van der Waals surface area contributed by atoms with Crippen molar-refractivity contribution in [1.82, 2.24) is 4.98 Å². The third kappa shape index (κ3) is 2.18. The molecule has 1 aliphatic carbocycles. The van der Waals surface area contributed by atoms with Gasteiger partial charge in [-0.25, -0.2) is 9.79 Å². The van der Waals surface area contributed by atoms with E-state index in [4.69, 9.17) is 4.74 Å². The Balaban J connectivity index is 1.84. The van der Waals surface area contributed by atoms with Crippen LogP contribution in [0.15, 0.2) is 35.2 Å². The van der Waals surface area contributed by atoms with Crippen LogP contribution in [0.5, 0.6) is 0 Å². The maximum atomic E-state index is 11.7. The number of ether oxygens (including phenoxy) is 1. The van der Waals surface area contributed by atoms with E-state index < -0.39 is 0 Å². The van der Waals surface area contributed by atoms with E-state index in [9.17, 15) is 4.79 Å². The number of pyridine rings is 1. The summed E-state index contributed by atoms with van der Waals surface area (Å²) >= 11 is 0. The Kier molecular flexibility index (Phi) is 2.92. The van der Waals surface area contributed by atoms with Gasteiger partial charge in [-0.3, -0.25) is 4.98 Å². The second-order valence-corrected chi connectivity index (χ2v) is 4.64. The molecular weight excluding hydrogens is 228 g/mol. The van der Waals surface area contributed by atoms with Crippen molar-refractivity contribution in [3.63, 3.8) is 0 Å². The maximum Gasteiger partial charge on any atom is 0.363 e. The average Bonchev–Trinajstić information content (AvgIpc) is 3.01. The second-order valence-electron chi connectivity index (χ2n) is 4.64. The number of aromatic nitrogens is 1. The minimum absolute atomic E-state index is 0.328. The highest BCUT2D eigenvalue weighted by Gasteiger charge is 2.30. The molecule has 4 nitrogen and oxygen atoms in total. The molecule has 2 heterocycles. The lowest BCUT2D eigenvalue weighted by Crippen LogP contribution is -2.12. The molecule has 1 aromatic rings. The Morgan fingerprint density at radius 3 is 2.89 bits per heavy atom. The van der Waals surface area contributed by atoms with Crippen LogP contribution < -0.4 is 0 Å². The molecule has 0 amide bonds. The molecule has 18 heavy (non-hydrogen) atoms. The lowest BCUT2D eigenvalue weighted by Gasteiger charge is -2.05. The molecule has 1 aliphatic heterocycles. The van der Waals surface area contributed by atoms with Crippen molar-refractivity contribution in [2.75, 3.05) is 0 Å². The number of rotatable bonds is 2. The number of hydrogen-bond donors (Lipinski definition) is 0. The highest BCUT2D eigenvalue weighted by Crippen LogP contribution is 2.30. The van der Waals surface area contributed by atoms with Crippen LogP contribution in [0, 0.1) is 5.92 Å². The summed E-state index contributed by atoms with van der Waals surface area (Å²) in [5.41, 5.74) is 1.24. The zero-order chi connectivity index (χ0) is 12.4. The molecule has 4 heteroatoms. The van der Waals surface area contributed by atoms with Gasteiger partial charge in [0.05, 0.1) is 0 Å². The lowest BCUT2D eigenvalue weighted by molar-refractivity contribution is -0.130. The summed E-state index contributed by atoms with van der Waals surface area (Å²) in [5, 5.41) is 0. The lowest BCUT2D eigenvalue weighted by atomic mass is 10.1. The van der Waals surface area contributed by atoms with Crippen LogP contribution in [0.3, 0.4) is 0 Å². The second kappa shape index (κ2) is 4.72. The van der Waals surface area contributed by atoms with E-state index >= 15 is 0 Å². The molecule has 3 rings (SSSR count). The first kappa shape index (κ1) is 11.1. The van der Waals surface area contributed by atoms with Gasteiger partial charge in [-0.15, -0.1) is 0 Å². The molecule has 92 valence electrons. The van der Waals surface area contributed by atoms with Crippen LogP contribution in [-0.4, -0.2) is 16.9 Å². The molecule has 0 saturated heterocycles. The monoisotopic (exact) mass is 242 g/mol. The summed E-state index contributed by atoms with van der Waals surface area (Å²) in [4.78, 5) is 20.0. The van der Waals surface area contributed by atoms with Gasteiger partial charge in [-0.1, -0.05) is 18.9 Å². The summed E-state index contributed by atoms with van der Waals surface area (Å²) < 4.78 is 5.25. The quantitative estimate of drug-likeness (QED) is 0.591. The van der Waals surface area contributed by atoms with Crippen molar-refractivity contribution in [2.45, 2.75) is 25.7 Å².